The summed E-state index contributed by atoms with van der Waals surface area (Å²) in [5, 5.41) is 3.14. The molecule has 5 heteroatoms. The maximum absolute atomic E-state index is 5.77. The minimum absolute atomic E-state index is 0.244. The zero-order valence-electron chi connectivity index (χ0n) is 13.2. The second-order valence-electron chi connectivity index (χ2n) is 5.73. The molecule has 2 unspecified atom stereocenters. The highest BCUT2D eigenvalue weighted by molar-refractivity contribution is 5.50. The molecule has 2 heterocycles. The molecular formula is C15H26N4O. The molecule has 0 spiro atoms. The van der Waals surface area contributed by atoms with Gasteiger partial charge in [0.05, 0.1) is 18.8 Å². The number of hydrogen-bond acceptors (Lipinski definition) is 5. The minimum atomic E-state index is 0.244. The van der Waals surface area contributed by atoms with E-state index in [2.05, 4.69) is 42.9 Å². The van der Waals surface area contributed by atoms with Gasteiger partial charge in [0.15, 0.2) is 0 Å². The zero-order chi connectivity index (χ0) is 14.7. The zero-order valence-corrected chi connectivity index (χ0v) is 13.2. The highest BCUT2D eigenvalue weighted by Crippen LogP contribution is 2.25. The fourth-order valence-electron chi connectivity index (χ4n) is 2.45. The van der Waals surface area contributed by atoms with Crippen LogP contribution in [0.1, 0.15) is 45.9 Å². The second kappa shape index (κ2) is 6.39. The molecule has 2 rings (SSSR count). The molecule has 20 heavy (non-hydrogen) atoms. The van der Waals surface area contributed by atoms with Gasteiger partial charge in [-0.3, -0.25) is 0 Å². The molecule has 0 radical (unpaired) electrons. The predicted molar refractivity (Wildman–Crippen MR) is 82.5 cm³/mol. The average Bonchev–Trinajstić information content (AvgIpc) is 2.46. The summed E-state index contributed by atoms with van der Waals surface area (Å²) in [6.07, 6.45) is 1.30. The van der Waals surface area contributed by atoms with Gasteiger partial charge in [-0.15, -0.1) is 0 Å². The first-order valence-corrected chi connectivity index (χ1v) is 7.50. The van der Waals surface area contributed by atoms with E-state index in [1.807, 2.05) is 13.1 Å². The third kappa shape index (κ3) is 3.20. The normalized spacial score (nSPS) is 23.2. The SMILES string of the molecule is CCC1COC(C)CN1c1cc(NC)nc(C(C)C)n1. The monoisotopic (exact) mass is 278 g/mol. The first kappa shape index (κ1) is 15.0. The lowest BCUT2D eigenvalue weighted by Gasteiger charge is -2.39. The first-order valence-electron chi connectivity index (χ1n) is 7.50. The quantitative estimate of drug-likeness (QED) is 0.917. The van der Waals surface area contributed by atoms with Crippen molar-refractivity contribution in [2.24, 2.45) is 0 Å². The number of anilines is 2. The number of aromatic nitrogens is 2. The summed E-state index contributed by atoms with van der Waals surface area (Å²) in [6.45, 7) is 10.2. The van der Waals surface area contributed by atoms with Gasteiger partial charge in [-0.05, 0) is 13.3 Å². The smallest absolute Gasteiger partial charge is 0.135 e. The van der Waals surface area contributed by atoms with Crippen LogP contribution in [0.2, 0.25) is 0 Å². The number of nitrogens with one attached hydrogen (secondary N) is 1. The van der Waals surface area contributed by atoms with Crippen molar-refractivity contribution in [1.82, 2.24) is 9.97 Å². The van der Waals surface area contributed by atoms with E-state index in [0.717, 1.165) is 37.0 Å². The van der Waals surface area contributed by atoms with E-state index in [1.54, 1.807) is 0 Å². The van der Waals surface area contributed by atoms with E-state index in [0.29, 0.717) is 12.0 Å². The average molecular weight is 278 g/mol. The minimum Gasteiger partial charge on any atom is -0.375 e. The topological polar surface area (TPSA) is 50.3 Å². The predicted octanol–water partition coefficient (Wildman–Crippen LogP) is 2.65. The molecular weight excluding hydrogens is 252 g/mol. The third-order valence-electron chi connectivity index (χ3n) is 3.74. The van der Waals surface area contributed by atoms with Crippen LogP contribution in [-0.4, -0.2) is 42.3 Å². The van der Waals surface area contributed by atoms with Crippen LogP contribution in [0, 0.1) is 0 Å². The summed E-state index contributed by atoms with van der Waals surface area (Å²) in [5.74, 6) is 3.10. The fraction of sp³-hybridized carbons (Fsp3) is 0.733. The molecule has 1 aromatic heterocycles. The van der Waals surface area contributed by atoms with Crippen LogP contribution in [0.5, 0.6) is 0 Å². The van der Waals surface area contributed by atoms with Crippen molar-refractivity contribution in [1.29, 1.82) is 0 Å². The highest BCUT2D eigenvalue weighted by Gasteiger charge is 2.27. The number of nitrogens with zero attached hydrogens (tertiary/aromatic N) is 3. The van der Waals surface area contributed by atoms with Crippen molar-refractivity contribution in [2.75, 3.05) is 30.4 Å². The summed E-state index contributed by atoms with van der Waals surface area (Å²) in [4.78, 5) is 11.7. The highest BCUT2D eigenvalue weighted by atomic mass is 16.5. The summed E-state index contributed by atoms with van der Waals surface area (Å²) in [6, 6.07) is 2.43. The van der Waals surface area contributed by atoms with E-state index >= 15 is 0 Å². The van der Waals surface area contributed by atoms with Gasteiger partial charge in [-0.1, -0.05) is 20.8 Å². The van der Waals surface area contributed by atoms with E-state index in [-0.39, 0.29) is 6.10 Å². The van der Waals surface area contributed by atoms with Crippen molar-refractivity contribution in [3.63, 3.8) is 0 Å². The van der Waals surface area contributed by atoms with Gasteiger partial charge in [0.1, 0.15) is 17.5 Å². The van der Waals surface area contributed by atoms with Gasteiger partial charge < -0.3 is 15.0 Å². The largest absolute Gasteiger partial charge is 0.375 e. The van der Waals surface area contributed by atoms with Crippen LogP contribution < -0.4 is 10.2 Å². The maximum Gasteiger partial charge on any atom is 0.135 e. The van der Waals surface area contributed by atoms with Gasteiger partial charge in [-0.2, -0.15) is 0 Å². The number of morpholine rings is 1. The van der Waals surface area contributed by atoms with E-state index in [9.17, 15) is 0 Å². The lowest BCUT2D eigenvalue weighted by atomic mass is 10.1. The van der Waals surface area contributed by atoms with Crippen LogP contribution in [-0.2, 0) is 4.74 Å². The Bertz CT molecular complexity index is 449. The molecule has 1 aromatic rings. The third-order valence-corrected chi connectivity index (χ3v) is 3.74. The molecule has 0 saturated carbocycles. The molecule has 112 valence electrons. The number of hydrogen-bond donors (Lipinski definition) is 1. The van der Waals surface area contributed by atoms with Gasteiger partial charge in [0, 0.05) is 25.6 Å². The Kier molecular flexibility index (Phi) is 4.81. The Morgan fingerprint density at radius 1 is 1.45 bits per heavy atom. The maximum atomic E-state index is 5.77. The van der Waals surface area contributed by atoms with Crippen molar-refractivity contribution < 1.29 is 4.74 Å². The molecule has 1 saturated heterocycles. The van der Waals surface area contributed by atoms with Gasteiger partial charge >= 0.3 is 0 Å². The summed E-state index contributed by atoms with van der Waals surface area (Å²) in [7, 11) is 1.90. The van der Waals surface area contributed by atoms with Crippen molar-refractivity contribution in [2.45, 2.75) is 52.2 Å². The van der Waals surface area contributed by atoms with Crippen LogP contribution >= 0.6 is 0 Å². The van der Waals surface area contributed by atoms with Crippen LogP contribution in [0.25, 0.3) is 0 Å². The fourth-order valence-corrected chi connectivity index (χ4v) is 2.45. The Labute approximate surface area is 121 Å². The Morgan fingerprint density at radius 2 is 2.20 bits per heavy atom. The van der Waals surface area contributed by atoms with Crippen molar-refractivity contribution in [3.05, 3.63) is 11.9 Å². The number of rotatable bonds is 4. The summed E-state index contributed by atoms with van der Waals surface area (Å²) in [5.41, 5.74) is 0. The lowest BCUT2D eigenvalue weighted by molar-refractivity contribution is 0.0296. The molecule has 1 aliphatic heterocycles. The van der Waals surface area contributed by atoms with Gasteiger partial charge in [0.2, 0.25) is 0 Å². The first-order chi connectivity index (χ1) is 9.55. The van der Waals surface area contributed by atoms with E-state index in [4.69, 9.17) is 9.72 Å². The van der Waals surface area contributed by atoms with Crippen LogP contribution in [0.15, 0.2) is 6.07 Å². The van der Waals surface area contributed by atoms with Crippen molar-refractivity contribution in [3.8, 4) is 0 Å². The standard InChI is InChI=1S/C15H26N4O/c1-6-12-9-20-11(4)8-19(12)14-7-13(16-5)17-15(18-14)10(2)3/h7,10-12H,6,8-9H2,1-5H3,(H,16,17,18). The van der Waals surface area contributed by atoms with E-state index < -0.39 is 0 Å². The number of ether oxygens (including phenoxy) is 1. The van der Waals surface area contributed by atoms with Gasteiger partial charge in [0.25, 0.3) is 0 Å². The molecule has 0 amide bonds. The molecule has 0 bridgehead atoms. The molecule has 1 N–H and O–H groups in total. The molecule has 1 aliphatic rings. The van der Waals surface area contributed by atoms with E-state index in [1.165, 1.54) is 0 Å². The Morgan fingerprint density at radius 3 is 2.80 bits per heavy atom. The molecule has 2 atom stereocenters. The lowest BCUT2D eigenvalue weighted by Crippen LogP contribution is -2.49. The molecule has 0 aromatic carbocycles. The molecule has 1 fully saturated rings. The molecule has 5 nitrogen and oxygen atoms in total. The Hall–Kier alpha value is -1.36. The van der Waals surface area contributed by atoms with Crippen LogP contribution in [0.4, 0.5) is 11.6 Å². The second-order valence-corrected chi connectivity index (χ2v) is 5.73. The molecule has 0 aliphatic carbocycles. The summed E-state index contributed by atoms with van der Waals surface area (Å²) >= 11 is 0. The van der Waals surface area contributed by atoms with Gasteiger partial charge in [-0.25, -0.2) is 9.97 Å². The summed E-state index contributed by atoms with van der Waals surface area (Å²) < 4.78 is 5.77. The van der Waals surface area contributed by atoms with Crippen molar-refractivity contribution >= 4 is 11.6 Å². The Balaban J connectivity index is 2.35. The van der Waals surface area contributed by atoms with Crippen LogP contribution in [0.3, 0.4) is 0 Å².